The molecule has 1 unspecified atom stereocenters. The highest BCUT2D eigenvalue weighted by Gasteiger charge is 2.25. The van der Waals surface area contributed by atoms with E-state index in [1.807, 2.05) is 13.8 Å². The van der Waals surface area contributed by atoms with Crippen molar-refractivity contribution in [3.8, 4) is 0 Å². The third-order valence-electron chi connectivity index (χ3n) is 2.94. The number of hydrogen-bond donors (Lipinski definition) is 1. The maximum Gasteiger partial charge on any atom is 0.256 e. The number of hydrogen-bond acceptors (Lipinski definition) is 2. The lowest BCUT2D eigenvalue weighted by molar-refractivity contribution is -0.131. The minimum atomic E-state index is -0.668. The molecule has 1 N–H and O–H groups in total. The molecule has 0 saturated heterocycles. The maximum absolute atomic E-state index is 13.8. The van der Waals surface area contributed by atoms with Gasteiger partial charge in [-0.1, -0.05) is 19.9 Å². The first-order valence-corrected chi connectivity index (χ1v) is 7.49. The molecule has 1 rings (SSSR count). The molecule has 1 atom stereocenters. The highest BCUT2D eigenvalue weighted by molar-refractivity contribution is 9.10. The summed E-state index contributed by atoms with van der Waals surface area (Å²) in [5, 5.41) is 2.63. The van der Waals surface area contributed by atoms with Crippen LogP contribution in [-0.4, -0.2) is 36.9 Å². The first kappa shape index (κ1) is 17.6. The Morgan fingerprint density at radius 2 is 1.95 bits per heavy atom. The van der Waals surface area contributed by atoms with Crippen LogP contribution in [0.2, 0.25) is 0 Å². The summed E-state index contributed by atoms with van der Waals surface area (Å²) in [6.45, 7) is 3.92. The molecular formula is C15H20BrFN2O2. The van der Waals surface area contributed by atoms with Gasteiger partial charge in [0.15, 0.2) is 0 Å². The van der Waals surface area contributed by atoms with Crippen molar-refractivity contribution in [1.29, 1.82) is 0 Å². The molecule has 1 aromatic rings. The summed E-state index contributed by atoms with van der Waals surface area (Å²) in [5.74, 6) is -1.20. The molecule has 0 aliphatic rings. The van der Waals surface area contributed by atoms with E-state index in [1.54, 1.807) is 20.2 Å². The zero-order chi connectivity index (χ0) is 16.2. The van der Waals surface area contributed by atoms with Gasteiger partial charge in [-0.25, -0.2) is 4.39 Å². The van der Waals surface area contributed by atoms with Crippen molar-refractivity contribution in [3.05, 3.63) is 34.1 Å². The van der Waals surface area contributed by atoms with Crippen molar-refractivity contribution in [2.75, 3.05) is 14.1 Å². The summed E-state index contributed by atoms with van der Waals surface area (Å²) in [6, 6.07) is 3.64. The number of amides is 2. The summed E-state index contributed by atoms with van der Waals surface area (Å²) in [4.78, 5) is 25.8. The quantitative estimate of drug-likeness (QED) is 0.879. The van der Waals surface area contributed by atoms with Gasteiger partial charge in [0.25, 0.3) is 5.91 Å². The van der Waals surface area contributed by atoms with Gasteiger partial charge in [0.1, 0.15) is 11.9 Å². The Labute approximate surface area is 132 Å². The Hall–Kier alpha value is -1.43. The third kappa shape index (κ3) is 4.81. The molecule has 21 heavy (non-hydrogen) atoms. The Morgan fingerprint density at radius 1 is 1.33 bits per heavy atom. The topological polar surface area (TPSA) is 49.4 Å². The molecule has 0 spiro atoms. The molecule has 0 aromatic heterocycles. The van der Waals surface area contributed by atoms with Crippen molar-refractivity contribution in [1.82, 2.24) is 10.2 Å². The van der Waals surface area contributed by atoms with Gasteiger partial charge in [-0.05, 0) is 40.4 Å². The smallest absolute Gasteiger partial charge is 0.256 e. The molecule has 1 aromatic carbocycles. The Balaban J connectivity index is 2.98. The summed E-state index contributed by atoms with van der Waals surface area (Å²) in [7, 11) is 3.25. The summed E-state index contributed by atoms with van der Waals surface area (Å²) in [6.07, 6.45) is 0.495. The number of rotatable bonds is 5. The lowest BCUT2D eigenvalue weighted by Crippen LogP contribution is -2.47. The van der Waals surface area contributed by atoms with E-state index in [-0.39, 0.29) is 17.4 Å². The molecular weight excluding hydrogens is 339 g/mol. The number of halogens is 2. The molecule has 0 bridgehead atoms. The molecule has 0 aliphatic heterocycles. The minimum Gasteiger partial charge on any atom is -0.347 e. The van der Waals surface area contributed by atoms with Crippen molar-refractivity contribution in [2.24, 2.45) is 5.92 Å². The van der Waals surface area contributed by atoms with Crippen LogP contribution in [0.3, 0.4) is 0 Å². The Bertz CT molecular complexity index is 512. The zero-order valence-corrected chi connectivity index (χ0v) is 14.2. The first-order chi connectivity index (χ1) is 9.73. The fourth-order valence-electron chi connectivity index (χ4n) is 1.95. The summed E-state index contributed by atoms with van der Waals surface area (Å²) < 4.78 is 14.1. The maximum atomic E-state index is 13.8. The normalized spacial score (nSPS) is 12.1. The second-order valence-electron chi connectivity index (χ2n) is 5.48. The average Bonchev–Trinajstić information content (AvgIpc) is 2.36. The SMILES string of the molecule is CC(C)CC(NC(=O)c1c(F)cccc1Br)C(=O)N(C)C. The van der Waals surface area contributed by atoms with Gasteiger partial charge in [-0.2, -0.15) is 0 Å². The van der Waals surface area contributed by atoms with E-state index in [9.17, 15) is 14.0 Å². The Kier molecular flexibility index (Phi) is 6.33. The zero-order valence-electron chi connectivity index (χ0n) is 12.6. The second-order valence-corrected chi connectivity index (χ2v) is 6.34. The van der Waals surface area contributed by atoms with Gasteiger partial charge in [-0.3, -0.25) is 9.59 Å². The second kappa shape index (κ2) is 7.54. The number of benzene rings is 1. The van der Waals surface area contributed by atoms with Crippen LogP contribution in [0.4, 0.5) is 4.39 Å². The molecule has 0 fully saturated rings. The molecule has 2 amide bonds. The molecule has 0 radical (unpaired) electrons. The van der Waals surface area contributed by atoms with Crippen LogP contribution in [0, 0.1) is 11.7 Å². The molecule has 6 heteroatoms. The van der Waals surface area contributed by atoms with Crippen LogP contribution in [-0.2, 0) is 4.79 Å². The van der Waals surface area contributed by atoms with E-state index in [0.29, 0.717) is 10.9 Å². The van der Waals surface area contributed by atoms with Gasteiger partial charge in [0.05, 0.1) is 5.56 Å². The van der Waals surface area contributed by atoms with Crippen LogP contribution in [0.5, 0.6) is 0 Å². The predicted octanol–water partition coefficient (Wildman–Crippen LogP) is 2.82. The molecule has 116 valence electrons. The van der Waals surface area contributed by atoms with E-state index >= 15 is 0 Å². The van der Waals surface area contributed by atoms with Gasteiger partial charge in [-0.15, -0.1) is 0 Å². The summed E-state index contributed by atoms with van der Waals surface area (Å²) in [5.41, 5.74) is -0.0854. The fourth-order valence-corrected chi connectivity index (χ4v) is 2.47. The number of carbonyl (C=O) groups excluding carboxylic acids is 2. The van der Waals surface area contributed by atoms with E-state index in [4.69, 9.17) is 0 Å². The van der Waals surface area contributed by atoms with Crippen LogP contribution in [0.15, 0.2) is 22.7 Å². The number of carbonyl (C=O) groups is 2. The molecule has 0 saturated carbocycles. The average molecular weight is 359 g/mol. The predicted molar refractivity (Wildman–Crippen MR) is 83.5 cm³/mol. The van der Waals surface area contributed by atoms with Crippen molar-refractivity contribution in [2.45, 2.75) is 26.3 Å². The van der Waals surface area contributed by atoms with Crippen LogP contribution in [0.1, 0.15) is 30.6 Å². The van der Waals surface area contributed by atoms with Crippen LogP contribution < -0.4 is 5.32 Å². The lowest BCUT2D eigenvalue weighted by Gasteiger charge is -2.23. The molecule has 0 aliphatic carbocycles. The van der Waals surface area contributed by atoms with Gasteiger partial charge in [0, 0.05) is 18.6 Å². The van der Waals surface area contributed by atoms with E-state index in [0.717, 1.165) is 0 Å². The van der Waals surface area contributed by atoms with Crippen molar-refractivity contribution < 1.29 is 14.0 Å². The largest absolute Gasteiger partial charge is 0.347 e. The van der Waals surface area contributed by atoms with Gasteiger partial charge >= 0.3 is 0 Å². The van der Waals surface area contributed by atoms with E-state index < -0.39 is 17.8 Å². The number of nitrogens with zero attached hydrogens (tertiary/aromatic N) is 1. The molecule has 4 nitrogen and oxygen atoms in total. The standard InChI is InChI=1S/C15H20BrFN2O2/c1-9(2)8-12(15(21)19(3)4)18-14(20)13-10(16)6-5-7-11(13)17/h5-7,9,12H,8H2,1-4H3,(H,18,20). The summed E-state index contributed by atoms with van der Waals surface area (Å²) >= 11 is 3.16. The van der Waals surface area contributed by atoms with Crippen molar-refractivity contribution >= 4 is 27.7 Å². The highest BCUT2D eigenvalue weighted by atomic mass is 79.9. The van der Waals surface area contributed by atoms with Gasteiger partial charge < -0.3 is 10.2 Å². The Morgan fingerprint density at radius 3 is 2.43 bits per heavy atom. The lowest BCUT2D eigenvalue weighted by atomic mass is 10.0. The van der Waals surface area contributed by atoms with Gasteiger partial charge in [0.2, 0.25) is 5.91 Å². The monoisotopic (exact) mass is 358 g/mol. The van der Waals surface area contributed by atoms with E-state index in [2.05, 4.69) is 21.2 Å². The van der Waals surface area contributed by atoms with Crippen LogP contribution in [0.25, 0.3) is 0 Å². The highest BCUT2D eigenvalue weighted by Crippen LogP contribution is 2.20. The number of likely N-dealkylation sites (N-methyl/N-ethyl adjacent to an activating group) is 1. The first-order valence-electron chi connectivity index (χ1n) is 6.70. The van der Waals surface area contributed by atoms with Crippen molar-refractivity contribution in [3.63, 3.8) is 0 Å². The van der Waals surface area contributed by atoms with E-state index in [1.165, 1.54) is 17.0 Å². The minimum absolute atomic E-state index is 0.0854. The van der Waals surface area contributed by atoms with Crippen LogP contribution >= 0.6 is 15.9 Å². The fraction of sp³-hybridized carbons (Fsp3) is 0.467. The number of nitrogens with one attached hydrogen (secondary N) is 1. The third-order valence-corrected chi connectivity index (χ3v) is 3.60. The molecule has 0 heterocycles.